The second kappa shape index (κ2) is 1.47. The van der Waals surface area contributed by atoms with Crippen molar-refractivity contribution in [1.29, 1.82) is 0 Å². The average Bonchev–Trinajstić information content (AvgIpc) is 2.69. The first-order valence-electron chi connectivity index (χ1n) is 3.92. The fourth-order valence-electron chi connectivity index (χ4n) is 2.13. The van der Waals surface area contributed by atoms with Crippen molar-refractivity contribution >= 4 is 11.8 Å². The minimum atomic E-state index is -0.821. The Bertz CT molecular complexity index is 305. The van der Waals surface area contributed by atoms with Crippen LogP contribution in [0.25, 0.3) is 0 Å². The van der Waals surface area contributed by atoms with Crippen LogP contribution in [0.5, 0.6) is 0 Å². The molecule has 2 heterocycles. The van der Waals surface area contributed by atoms with E-state index in [9.17, 15) is 9.59 Å². The Labute approximate surface area is 68.6 Å². The minimum Gasteiger partial charge on any atom is -0.341 e. The summed E-state index contributed by atoms with van der Waals surface area (Å²) in [6.07, 6.45) is 4.85. The molecule has 2 fully saturated rings. The van der Waals surface area contributed by atoms with Crippen molar-refractivity contribution in [3.05, 3.63) is 12.2 Å². The number of carbonyl (C=O) groups excluding carboxylic acids is 2. The summed E-state index contributed by atoms with van der Waals surface area (Å²) in [6.45, 7) is 0. The molecule has 2 aliphatic heterocycles. The highest BCUT2D eigenvalue weighted by Crippen LogP contribution is 2.58. The van der Waals surface area contributed by atoms with Gasteiger partial charge in [-0.05, 0) is 0 Å². The maximum Gasteiger partial charge on any atom is 0.262 e. The van der Waals surface area contributed by atoms with Gasteiger partial charge in [0.25, 0.3) is 11.8 Å². The van der Waals surface area contributed by atoms with E-state index in [0.717, 1.165) is 0 Å². The van der Waals surface area contributed by atoms with E-state index in [4.69, 9.17) is 4.74 Å². The lowest BCUT2D eigenvalue weighted by Gasteiger charge is -2.07. The van der Waals surface area contributed by atoms with Gasteiger partial charge in [0.2, 0.25) is 0 Å². The Hall–Kier alpha value is -1.16. The Balaban J connectivity index is 2.16. The van der Waals surface area contributed by atoms with Crippen molar-refractivity contribution in [1.82, 2.24) is 5.32 Å². The predicted molar refractivity (Wildman–Crippen MR) is 38.1 cm³/mol. The van der Waals surface area contributed by atoms with Gasteiger partial charge in [-0.1, -0.05) is 12.2 Å². The summed E-state index contributed by atoms with van der Waals surface area (Å²) in [7, 11) is 0. The normalized spacial score (nSPS) is 48.3. The van der Waals surface area contributed by atoms with E-state index in [0.29, 0.717) is 12.8 Å². The molecule has 0 bridgehead atoms. The summed E-state index contributed by atoms with van der Waals surface area (Å²) in [6, 6.07) is 0. The van der Waals surface area contributed by atoms with Gasteiger partial charge in [-0.3, -0.25) is 14.9 Å². The van der Waals surface area contributed by atoms with Crippen molar-refractivity contribution in [2.45, 2.75) is 24.0 Å². The topological polar surface area (TPSA) is 58.7 Å². The number of rotatable bonds is 0. The molecule has 62 valence electrons. The molecule has 0 aromatic rings. The molecule has 0 radical (unpaired) electrons. The Morgan fingerprint density at radius 1 is 1.17 bits per heavy atom. The number of morpholine rings is 1. The summed E-state index contributed by atoms with van der Waals surface area (Å²) in [5.41, 5.74) is -1.64. The summed E-state index contributed by atoms with van der Waals surface area (Å²) in [5.74, 6) is -0.534. The predicted octanol–water partition coefficient (Wildman–Crippen LogP) is -0.499. The van der Waals surface area contributed by atoms with E-state index >= 15 is 0 Å². The fraction of sp³-hybridized carbons (Fsp3) is 0.500. The van der Waals surface area contributed by atoms with E-state index in [1.54, 1.807) is 0 Å². The molecule has 3 aliphatic rings. The van der Waals surface area contributed by atoms with E-state index in [1.807, 2.05) is 12.2 Å². The number of nitrogens with one attached hydrogen (secondary N) is 1. The standard InChI is InChI=1S/C8H7NO3/c10-5-7-3-1-2-4-8(7,12-7)6(11)9-5/h1-2H,3-4H2,(H,9,10,11). The van der Waals surface area contributed by atoms with E-state index in [1.165, 1.54) is 0 Å². The first-order chi connectivity index (χ1) is 5.71. The van der Waals surface area contributed by atoms with Gasteiger partial charge in [0.05, 0.1) is 0 Å². The van der Waals surface area contributed by atoms with Gasteiger partial charge in [-0.15, -0.1) is 0 Å². The van der Waals surface area contributed by atoms with Gasteiger partial charge in [-0.2, -0.15) is 0 Å². The summed E-state index contributed by atoms with van der Waals surface area (Å²) in [5, 5.41) is 2.30. The van der Waals surface area contributed by atoms with E-state index < -0.39 is 11.2 Å². The number of amides is 2. The van der Waals surface area contributed by atoms with Gasteiger partial charge in [0.15, 0.2) is 11.2 Å². The van der Waals surface area contributed by atoms with Gasteiger partial charge in [0, 0.05) is 12.8 Å². The largest absolute Gasteiger partial charge is 0.341 e. The zero-order valence-corrected chi connectivity index (χ0v) is 6.29. The maximum atomic E-state index is 11.3. The summed E-state index contributed by atoms with van der Waals surface area (Å²) < 4.78 is 5.29. The van der Waals surface area contributed by atoms with Gasteiger partial charge in [-0.25, -0.2) is 0 Å². The van der Waals surface area contributed by atoms with Crippen LogP contribution >= 0.6 is 0 Å². The second-order valence-corrected chi connectivity index (χ2v) is 3.42. The SMILES string of the molecule is O=C1NC(=O)C23CC=CCC12O3. The third kappa shape index (κ3) is 0.400. The van der Waals surface area contributed by atoms with Crippen LogP contribution in [0.15, 0.2) is 12.2 Å². The Kier molecular flexibility index (Phi) is 0.782. The highest BCUT2D eigenvalue weighted by Gasteiger charge is 2.82. The van der Waals surface area contributed by atoms with E-state index in [2.05, 4.69) is 5.32 Å². The number of hydrogen-bond donors (Lipinski definition) is 1. The van der Waals surface area contributed by atoms with Crippen LogP contribution in [0.4, 0.5) is 0 Å². The van der Waals surface area contributed by atoms with Crippen LogP contribution < -0.4 is 5.32 Å². The molecule has 2 amide bonds. The lowest BCUT2D eigenvalue weighted by Crippen LogP contribution is -2.32. The molecule has 4 heteroatoms. The monoisotopic (exact) mass is 165 g/mol. The zero-order chi connectivity index (χ0) is 8.40. The lowest BCUT2D eigenvalue weighted by atomic mass is 9.85. The first-order valence-corrected chi connectivity index (χ1v) is 3.92. The van der Waals surface area contributed by atoms with Crippen molar-refractivity contribution in [2.75, 3.05) is 0 Å². The van der Waals surface area contributed by atoms with Gasteiger partial charge < -0.3 is 4.74 Å². The Morgan fingerprint density at radius 3 is 2.17 bits per heavy atom. The third-order valence-electron chi connectivity index (χ3n) is 2.90. The van der Waals surface area contributed by atoms with Crippen molar-refractivity contribution in [2.24, 2.45) is 0 Å². The summed E-state index contributed by atoms with van der Waals surface area (Å²) in [4.78, 5) is 22.6. The summed E-state index contributed by atoms with van der Waals surface area (Å²) >= 11 is 0. The number of epoxide rings is 1. The highest BCUT2D eigenvalue weighted by molar-refractivity contribution is 6.17. The molecule has 0 saturated carbocycles. The van der Waals surface area contributed by atoms with E-state index in [-0.39, 0.29) is 11.8 Å². The minimum absolute atomic E-state index is 0.267. The Morgan fingerprint density at radius 2 is 1.67 bits per heavy atom. The second-order valence-electron chi connectivity index (χ2n) is 3.42. The quantitative estimate of drug-likeness (QED) is 0.299. The fourth-order valence-corrected chi connectivity index (χ4v) is 2.13. The van der Waals surface area contributed by atoms with Crippen LogP contribution in [0.1, 0.15) is 12.8 Å². The first kappa shape index (κ1) is 6.37. The number of imide groups is 1. The number of carbonyl (C=O) groups is 2. The van der Waals surface area contributed by atoms with Crippen molar-refractivity contribution < 1.29 is 14.3 Å². The van der Waals surface area contributed by atoms with Crippen LogP contribution in [-0.2, 0) is 14.3 Å². The molecule has 1 N–H and O–H groups in total. The number of hydrogen-bond acceptors (Lipinski definition) is 3. The van der Waals surface area contributed by atoms with Gasteiger partial charge >= 0.3 is 0 Å². The molecular weight excluding hydrogens is 158 g/mol. The molecule has 0 aromatic carbocycles. The van der Waals surface area contributed by atoms with Crippen LogP contribution in [0.3, 0.4) is 0 Å². The average molecular weight is 165 g/mol. The smallest absolute Gasteiger partial charge is 0.262 e. The van der Waals surface area contributed by atoms with Crippen LogP contribution in [-0.4, -0.2) is 23.0 Å². The molecule has 2 unspecified atom stereocenters. The molecular formula is C8H7NO3. The molecule has 0 aromatic heterocycles. The molecule has 1 aliphatic carbocycles. The number of ether oxygens (including phenoxy) is 1. The van der Waals surface area contributed by atoms with Crippen LogP contribution in [0, 0.1) is 0 Å². The molecule has 0 spiro atoms. The molecule has 4 nitrogen and oxygen atoms in total. The molecule has 2 atom stereocenters. The lowest BCUT2D eigenvalue weighted by molar-refractivity contribution is -0.133. The van der Waals surface area contributed by atoms with Crippen molar-refractivity contribution in [3.63, 3.8) is 0 Å². The molecule has 3 rings (SSSR count). The highest BCUT2D eigenvalue weighted by atomic mass is 16.6. The van der Waals surface area contributed by atoms with Gasteiger partial charge in [0.1, 0.15) is 0 Å². The van der Waals surface area contributed by atoms with Crippen LogP contribution in [0.2, 0.25) is 0 Å². The maximum absolute atomic E-state index is 11.3. The third-order valence-corrected chi connectivity index (χ3v) is 2.90. The zero-order valence-electron chi connectivity index (χ0n) is 6.29. The molecule has 12 heavy (non-hydrogen) atoms. The molecule has 2 saturated heterocycles. The van der Waals surface area contributed by atoms with Crippen molar-refractivity contribution in [3.8, 4) is 0 Å².